The summed E-state index contributed by atoms with van der Waals surface area (Å²) < 4.78 is 0. The third-order valence-corrected chi connectivity index (χ3v) is 2.28. The highest BCUT2D eigenvalue weighted by Crippen LogP contribution is 1.98. The van der Waals surface area contributed by atoms with Crippen LogP contribution in [0.5, 0.6) is 0 Å². The van der Waals surface area contributed by atoms with E-state index in [9.17, 15) is 9.90 Å². The van der Waals surface area contributed by atoms with Gasteiger partial charge < -0.3 is 15.5 Å². The third-order valence-electron chi connectivity index (χ3n) is 2.28. The second-order valence-corrected chi connectivity index (χ2v) is 4.78. The van der Waals surface area contributed by atoms with Gasteiger partial charge >= 0.3 is 0 Å². The largest absolute Gasteiger partial charge is 0.390 e. The number of aliphatic hydroxyl groups excluding tert-OH is 2. The summed E-state index contributed by atoms with van der Waals surface area (Å²) in [5.41, 5.74) is 0. The number of carbonyl (C=O) groups is 1. The van der Waals surface area contributed by atoms with Gasteiger partial charge in [0.25, 0.3) is 0 Å². The van der Waals surface area contributed by atoms with E-state index < -0.39 is 12.2 Å². The van der Waals surface area contributed by atoms with Gasteiger partial charge in [0, 0.05) is 6.54 Å². The molecule has 0 saturated carbocycles. The Balaban J connectivity index is 3.68. The molecule has 0 saturated heterocycles. The van der Waals surface area contributed by atoms with Gasteiger partial charge in [-0.3, -0.25) is 4.79 Å². The number of hydrogen-bond donors (Lipinski definition) is 3. The molecule has 0 aromatic heterocycles. The molecule has 0 rings (SSSR count). The summed E-state index contributed by atoms with van der Waals surface area (Å²) in [6, 6.07) is 0. The maximum atomic E-state index is 11.3. The first-order valence-corrected chi connectivity index (χ1v) is 6.40. The zero-order chi connectivity index (χ0) is 14.0. The van der Waals surface area contributed by atoms with Crippen molar-refractivity contribution in [2.45, 2.75) is 45.8 Å². The van der Waals surface area contributed by atoms with Gasteiger partial charge in [-0.25, -0.2) is 0 Å². The van der Waals surface area contributed by atoms with E-state index in [2.05, 4.69) is 5.32 Å². The van der Waals surface area contributed by atoms with Crippen LogP contribution in [0.15, 0.2) is 24.3 Å². The summed E-state index contributed by atoms with van der Waals surface area (Å²) in [5, 5.41) is 21.1. The fourth-order valence-corrected chi connectivity index (χ4v) is 1.14. The van der Waals surface area contributed by atoms with E-state index in [-0.39, 0.29) is 5.91 Å². The molecule has 0 aromatic carbocycles. The second-order valence-electron chi connectivity index (χ2n) is 4.78. The number of allylic oxidation sites excluding steroid dienone is 2. The summed E-state index contributed by atoms with van der Waals surface area (Å²) in [6.45, 7) is 6.31. The van der Waals surface area contributed by atoms with Crippen molar-refractivity contribution in [2.24, 2.45) is 5.92 Å². The van der Waals surface area contributed by atoms with Gasteiger partial charge in [0.15, 0.2) is 0 Å². The van der Waals surface area contributed by atoms with Crippen LogP contribution in [0.2, 0.25) is 0 Å². The number of carbonyl (C=O) groups excluding carboxylic acids is 1. The molecule has 3 N–H and O–H groups in total. The molecule has 0 spiro atoms. The molecule has 0 heterocycles. The van der Waals surface area contributed by atoms with E-state index >= 15 is 0 Å². The monoisotopic (exact) mass is 255 g/mol. The van der Waals surface area contributed by atoms with Crippen LogP contribution in [0.3, 0.4) is 0 Å². The summed E-state index contributed by atoms with van der Waals surface area (Å²) in [7, 11) is 0. The van der Waals surface area contributed by atoms with E-state index in [0.29, 0.717) is 12.5 Å². The first-order chi connectivity index (χ1) is 8.43. The van der Waals surface area contributed by atoms with Crippen LogP contribution in [-0.4, -0.2) is 34.9 Å². The van der Waals surface area contributed by atoms with E-state index in [1.165, 1.54) is 13.0 Å². The van der Waals surface area contributed by atoms with Crippen LogP contribution in [0.1, 0.15) is 33.6 Å². The van der Waals surface area contributed by atoms with Crippen LogP contribution in [0.25, 0.3) is 0 Å². The van der Waals surface area contributed by atoms with Gasteiger partial charge in [0.05, 0.1) is 12.2 Å². The maximum Gasteiger partial charge on any atom is 0.243 e. The number of unbranched alkanes of at least 4 members (excludes halogenated alkanes) is 1. The summed E-state index contributed by atoms with van der Waals surface area (Å²) >= 11 is 0. The van der Waals surface area contributed by atoms with Gasteiger partial charge in [-0.15, -0.1) is 0 Å². The molecule has 0 aliphatic heterocycles. The number of hydrogen-bond acceptors (Lipinski definition) is 3. The average Bonchev–Trinajstić information content (AvgIpc) is 2.30. The average molecular weight is 255 g/mol. The lowest BCUT2D eigenvalue weighted by Gasteiger charge is -2.07. The number of aliphatic hydroxyl groups is 2. The Bertz CT molecular complexity index is 283. The second kappa shape index (κ2) is 9.85. The van der Waals surface area contributed by atoms with Crippen molar-refractivity contribution in [1.29, 1.82) is 0 Å². The normalized spacial score (nSPS) is 15.4. The highest BCUT2D eigenvalue weighted by atomic mass is 16.3. The molecular weight excluding hydrogens is 230 g/mol. The lowest BCUT2D eigenvalue weighted by molar-refractivity contribution is -0.116. The Morgan fingerprint density at radius 2 is 1.78 bits per heavy atom. The number of rotatable bonds is 8. The minimum Gasteiger partial charge on any atom is -0.390 e. The van der Waals surface area contributed by atoms with Crippen molar-refractivity contribution < 1.29 is 15.0 Å². The van der Waals surface area contributed by atoms with Crippen molar-refractivity contribution in [3.8, 4) is 0 Å². The molecule has 0 unspecified atom stereocenters. The lowest BCUT2D eigenvalue weighted by Crippen LogP contribution is -2.25. The van der Waals surface area contributed by atoms with Crippen molar-refractivity contribution >= 4 is 5.91 Å². The van der Waals surface area contributed by atoms with Gasteiger partial charge in [0.1, 0.15) is 0 Å². The lowest BCUT2D eigenvalue weighted by atomic mass is 10.2. The van der Waals surface area contributed by atoms with E-state index in [4.69, 9.17) is 5.11 Å². The Morgan fingerprint density at radius 3 is 2.33 bits per heavy atom. The molecule has 0 aliphatic rings. The summed E-state index contributed by atoms with van der Waals surface area (Å²) in [4.78, 5) is 11.3. The molecule has 2 atom stereocenters. The van der Waals surface area contributed by atoms with Crippen LogP contribution >= 0.6 is 0 Å². The van der Waals surface area contributed by atoms with Crippen LogP contribution < -0.4 is 5.32 Å². The first-order valence-electron chi connectivity index (χ1n) is 6.40. The Hall–Kier alpha value is -1.13. The van der Waals surface area contributed by atoms with Crippen LogP contribution in [0, 0.1) is 5.92 Å². The van der Waals surface area contributed by atoms with Gasteiger partial charge in [0.2, 0.25) is 5.91 Å². The maximum absolute atomic E-state index is 11.3. The van der Waals surface area contributed by atoms with Gasteiger partial charge in [-0.1, -0.05) is 32.1 Å². The van der Waals surface area contributed by atoms with E-state index in [1.54, 1.807) is 18.2 Å². The molecule has 4 heteroatoms. The third kappa shape index (κ3) is 10.1. The molecule has 1 amide bonds. The highest BCUT2D eigenvalue weighted by Gasteiger charge is 2.04. The van der Waals surface area contributed by atoms with Crippen molar-refractivity contribution in [1.82, 2.24) is 5.32 Å². The zero-order valence-corrected chi connectivity index (χ0v) is 11.5. The van der Waals surface area contributed by atoms with Gasteiger partial charge in [-0.2, -0.15) is 0 Å². The van der Waals surface area contributed by atoms with Crippen LogP contribution in [-0.2, 0) is 4.79 Å². The predicted octanol–water partition coefficient (Wildman–Crippen LogP) is 1.39. The first kappa shape index (κ1) is 16.9. The quantitative estimate of drug-likeness (QED) is 0.349. The molecule has 0 aliphatic carbocycles. The van der Waals surface area contributed by atoms with Gasteiger partial charge in [-0.05, 0) is 31.8 Å². The Labute approximate surface area is 109 Å². The molecule has 0 bridgehead atoms. The molecule has 0 aromatic rings. The highest BCUT2D eigenvalue weighted by molar-refractivity contribution is 5.87. The van der Waals surface area contributed by atoms with Crippen molar-refractivity contribution in [3.05, 3.63) is 24.3 Å². The minimum absolute atomic E-state index is 0.0725. The molecule has 4 nitrogen and oxygen atoms in total. The van der Waals surface area contributed by atoms with E-state index in [1.807, 2.05) is 13.8 Å². The van der Waals surface area contributed by atoms with Crippen molar-refractivity contribution in [2.75, 3.05) is 6.54 Å². The molecule has 18 heavy (non-hydrogen) atoms. The summed E-state index contributed by atoms with van der Waals surface area (Å²) in [5.74, 6) is 0.379. The Kier molecular flexibility index (Phi) is 9.24. The smallest absolute Gasteiger partial charge is 0.243 e. The molecule has 0 radical (unpaired) electrons. The molecular formula is C14H25NO3. The zero-order valence-electron chi connectivity index (χ0n) is 11.5. The molecule has 104 valence electrons. The van der Waals surface area contributed by atoms with E-state index in [0.717, 1.165) is 12.8 Å². The van der Waals surface area contributed by atoms with Crippen molar-refractivity contribution in [3.63, 3.8) is 0 Å². The SMILES string of the molecule is CC(C)CNC(=O)/C=C/CC/C=C\[C@@H](O)[C@@H](C)O. The Morgan fingerprint density at radius 1 is 1.17 bits per heavy atom. The number of nitrogens with one attached hydrogen (secondary N) is 1. The fourth-order valence-electron chi connectivity index (χ4n) is 1.14. The summed E-state index contributed by atoms with van der Waals surface area (Å²) in [6.07, 6.45) is 6.60. The topological polar surface area (TPSA) is 69.6 Å². The number of amides is 1. The fraction of sp³-hybridized carbons (Fsp3) is 0.643. The molecule has 0 fully saturated rings. The van der Waals surface area contributed by atoms with Crippen LogP contribution in [0.4, 0.5) is 0 Å². The standard InChI is InChI=1S/C14H25NO3/c1-11(2)10-15-14(18)9-7-5-4-6-8-13(17)12(3)16/h6-9,11-13,16-17H,4-5,10H2,1-3H3,(H,15,18)/b8-6-,9-7+/t12-,13-/m1/s1. The minimum atomic E-state index is -0.816. The predicted molar refractivity (Wildman–Crippen MR) is 73.0 cm³/mol.